The summed E-state index contributed by atoms with van der Waals surface area (Å²) in [7, 11) is -3.62. The maximum Gasteiger partial charge on any atom is 0.238 e. The lowest BCUT2D eigenvalue weighted by Crippen LogP contribution is -2.38. The van der Waals surface area contributed by atoms with Crippen molar-refractivity contribution in [3.63, 3.8) is 0 Å². The predicted octanol–water partition coefficient (Wildman–Crippen LogP) is 0.842. The van der Waals surface area contributed by atoms with Gasteiger partial charge in [0.15, 0.2) is 5.96 Å². The normalized spacial score (nSPS) is 15.6. The van der Waals surface area contributed by atoms with Crippen molar-refractivity contribution >= 4 is 16.0 Å². The third-order valence-electron chi connectivity index (χ3n) is 3.51. The van der Waals surface area contributed by atoms with Crippen LogP contribution < -0.4 is 15.8 Å². The summed E-state index contributed by atoms with van der Waals surface area (Å²) in [6.45, 7) is 4.50. The summed E-state index contributed by atoms with van der Waals surface area (Å²) in [4.78, 5) is 4.69. The maximum absolute atomic E-state index is 11.2. The van der Waals surface area contributed by atoms with E-state index in [1.807, 2.05) is 6.92 Å². The molecule has 0 heterocycles. The summed E-state index contributed by atoms with van der Waals surface area (Å²) < 4.78 is 22.4. The highest BCUT2D eigenvalue weighted by Gasteiger charge is 2.20. The minimum atomic E-state index is -3.62. The number of hydrogen-bond acceptors (Lipinski definition) is 3. The van der Waals surface area contributed by atoms with Crippen molar-refractivity contribution < 1.29 is 8.42 Å². The number of aliphatic imine (C=N–C) groups is 1. The van der Waals surface area contributed by atoms with Crippen LogP contribution in [0.3, 0.4) is 0 Å². The molecule has 0 saturated heterocycles. The first-order valence-corrected chi connectivity index (χ1v) is 9.17. The Balaban J connectivity index is 1.82. The predicted molar refractivity (Wildman–Crippen MR) is 88.2 cm³/mol. The molecule has 1 aromatic rings. The lowest BCUT2D eigenvalue weighted by Gasteiger charge is -2.11. The van der Waals surface area contributed by atoms with Gasteiger partial charge in [0.25, 0.3) is 0 Å². The summed E-state index contributed by atoms with van der Waals surface area (Å²) in [5, 5.41) is 11.6. The quantitative estimate of drug-likeness (QED) is 0.511. The lowest BCUT2D eigenvalue weighted by atomic mass is 10.1. The van der Waals surface area contributed by atoms with E-state index >= 15 is 0 Å². The highest BCUT2D eigenvalue weighted by molar-refractivity contribution is 7.89. The molecule has 1 aliphatic rings. The third kappa shape index (κ3) is 5.65. The summed E-state index contributed by atoms with van der Waals surface area (Å²) in [5.74, 6) is 1.61. The van der Waals surface area contributed by atoms with Gasteiger partial charge in [-0.3, -0.25) is 4.99 Å². The van der Waals surface area contributed by atoms with Crippen molar-refractivity contribution in [2.75, 3.05) is 19.6 Å². The summed E-state index contributed by atoms with van der Waals surface area (Å²) in [6, 6.07) is 6.65. The maximum atomic E-state index is 11.2. The van der Waals surface area contributed by atoms with Gasteiger partial charge in [-0.1, -0.05) is 12.1 Å². The van der Waals surface area contributed by atoms with E-state index in [-0.39, 0.29) is 4.90 Å². The zero-order chi connectivity index (χ0) is 16.0. The van der Waals surface area contributed by atoms with E-state index in [4.69, 9.17) is 5.14 Å². The van der Waals surface area contributed by atoms with Crippen LogP contribution >= 0.6 is 0 Å². The van der Waals surface area contributed by atoms with Crippen molar-refractivity contribution in [2.24, 2.45) is 16.0 Å². The highest BCUT2D eigenvalue weighted by atomic mass is 32.2. The first-order chi connectivity index (χ1) is 10.5. The van der Waals surface area contributed by atoms with Crippen LogP contribution in [0.4, 0.5) is 0 Å². The Morgan fingerprint density at radius 2 is 1.95 bits per heavy atom. The molecule has 4 N–H and O–H groups in total. The van der Waals surface area contributed by atoms with Gasteiger partial charge in [0, 0.05) is 19.6 Å². The molecule has 1 fully saturated rings. The number of nitrogens with zero attached hydrogens (tertiary/aromatic N) is 1. The molecule has 1 aromatic carbocycles. The summed E-state index contributed by atoms with van der Waals surface area (Å²) in [6.07, 6.45) is 3.37. The smallest absolute Gasteiger partial charge is 0.238 e. The van der Waals surface area contributed by atoms with E-state index in [1.165, 1.54) is 25.0 Å². The van der Waals surface area contributed by atoms with Gasteiger partial charge in [-0.25, -0.2) is 13.6 Å². The number of nitrogens with two attached hydrogens (primary N) is 1. The van der Waals surface area contributed by atoms with Gasteiger partial charge in [0.2, 0.25) is 10.0 Å². The molecule has 122 valence electrons. The summed E-state index contributed by atoms with van der Waals surface area (Å²) >= 11 is 0. The Kier molecular flexibility index (Phi) is 5.79. The minimum absolute atomic E-state index is 0.142. The number of primary sulfonamides is 1. The SMILES string of the molecule is CCNC(=NCC1CC1)NCCc1ccc(S(N)(=O)=O)cc1. The zero-order valence-electron chi connectivity index (χ0n) is 12.9. The summed E-state index contributed by atoms with van der Waals surface area (Å²) in [5.41, 5.74) is 1.05. The van der Waals surface area contributed by atoms with Crippen LogP contribution in [0.15, 0.2) is 34.2 Å². The standard InChI is InChI=1S/C15H24N4O2S/c1-2-17-15(19-11-13-3-4-13)18-10-9-12-5-7-14(8-6-12)22(16,20)21/h5-8,13H,2-4,9-11H2,1H3,(H2,16,20,21)(H2,17,18,19). The molecule has 0 aliphatic heterocycles. The Morgan fingerprint density at radius 3 is 2.50 bits per heavy atom. The molecule has 2 rings (SSSR count). The van der Waals surface area contributed by atoms with Crippen LogP contribution in [0.1, 0.15) is 25.3 Å². The van der Waals surface area contributed by atoms with Crippen LogP contribution in [-0.4, -0.2) is 34.0 Å². The molecule has 0 amide bonds. The van der Waals surface area contributed by atoms with Crippen molar-refractivity contribution in [1.82, 2.24) is 10.6 Å². The molecule has 6 nitrogen and oxygen atoms in total. The van der Waals surface area contributed by atoms with Crippen molar-refractivity contribution in [3.05, 3.63) is 29.8 Å². The molecule has 0 bridgehead atoms. The average molecular weight is 324 g/mol. The molecular weight excluding hydrogens is 300 g/mol. The van der Waals surface area contributed by atoms with Crippen LogP contribution in [0, 0.1) is 5.92 Å². The molecule has 0 aromatic heterocycles. The number of benzene rings is 1. The molecule has 7 heteroatoms. The Hall–Kier alpha value is -1.60. The van der Waals surface area contributed by atoms with Crippen molar-refractivity contribution in [2.45, 2.75) is 31.1 Å². The topological polar surface area (TPSA) is 96.6 Å². The Labute approximate surface area is 132 Å². The monoisotopic (exact) mass is 324 g/mol. The molecule has 0 radical (unpaired) electrons. The third-order valence-corrected chi connectivity index (χ3v) is 4.44. The minimum Gasteiger partial charge on any atom is -0.357 e. The lowest BCUT2D eigenvalue weighted by molar-refractivity contribution is 0.598. The first kappa shape index (κ1) is 16.8. The molecule has 0 spiro atoms. The first-order valence-electron chi connectivity index (χ1n) is 7.63. The zero-order valence-corrected chi connectivity index (χ0v) is 13.7. The van der Waals surface area contributed by atoms with Gasteiger partial charge in [-0.05, 0) is 49.8 Å². The van der Waals surface area contributed by atoms with Gasteiger partial charge in [0.1, 0.15) is 0 Å². The second-order valence-electron chi connectivity index (χ2n) is 5.53. The molecule has 22 heavy (non-hydrogen) atoms. The fraction of sp³-hybridized carbons (Fsp3) is 0.533. The van der Waals surface area contributed by atoms with E-state index in [0.29, 0.717) is 0 Å². The Bertz CT molecular complexity index is 607. The Morgan fingerprint density at radius 1 is 1.27 bits per heavy atom. The molecule has 1 aliphatic carbocycles. The van der Waals surface area contributed by atoms with E-state index in [1.54, 1.807) is 12.1 Å². The number of guanidine groups is 1. The largest absolute Gasteiger partial charge is 0.357 e. The van der Waals surface area contributed by atoms with Crippen molar-refractivity contribution in [1.29, 1.82) is 0 Å². The van der Waals surface area contributed by atoms with Crippen molar-refractivity contribution in [3.8, 4) is 0 Å². The highest BCUT2D eigenvalue weighted by Crippen LogP contribution is 2.28. The average Bonchev–Trinajstić information content (AvgIpc) is 3.28. The van der Waals surface area contributed by atoms with Crippen LogP contribution in [-0.2, 0) is 16.4 Å². The van der Waals surface area contributed by atoms with E-state index in [9.17, 15) is 8.42 Å². The molecule has 0 unspecified atom stereocenters. The van der Waals surface area contributed by atoms with Gasteiger partial charge in [-0.15, -0.1) is 0 Å². The molecular formula is C15H24N4O2S. The fourth-order valence-corrected chi connectivity index (χ4v) is 2.55. The molecule has 1 saturated carbocycles. The molecule has 0 atom stereocenters. The van der Waals surface area contributed by atoms with Crippen LogP contribution in [0.5, 0.6) is 0 Å². The second-order valence-corrected chi connectivity index (χ2v) is 7.09. The van der Waals surface area contributed by atoms with Gasteiger partial charge in [-0.2, -0.15) is 0 Å². The number of rotatable bonds is 7. The second kappa shape index (κ2) is 7.60. The fourth-order valence-electron chi connectivity index (χ4n) is 2.03. The van der Waals surface area contributed by atoms with Crippen LogP contribution in [0.25, 0.3) is 0 Å². The van der Waals surface area contributed by atoms with E-state index in [2.05, 4.69) is 15.6 Å². The number of hydrogen-bond donors (Lipinski definition) is 3. The van der Waals surface area contributed by atoms with Gasteiger partial charge >= 0.3 is 0 Å². The van der Waals surface area contributed by atoms with Gasteiger partial charge < -0.3 is 10.6 Å². The van der Waals surface area contributed by atoms with E-state index in [0.717, 1.165) is 43.5 Å². The van der Waals surface area contributed by atoms with E-state index < -0.39 is 10.0 Å². The van der Waals surface area contributed by atoms with Crippen LogP contribution in [0.2, 0.25) is 0 Å². The number of nitrogens with one attached hydrogen (secondary N) is 2. The van der Waals surface area contributed by atoms with Gasteiger partial charge in [0.05, 0.1) is 4.90 Å². The number of sulfonamides is 1.